The Kier molecular flexibility index (Phi) is 2.99. The molecule has 1 aromatic carbocycles. The second-order valence-electron chi connectivity index (χ2n) is 3.33. The lowest BCUT2D eigenvalue weighted by Crippen LogP contribution is -2.10. The van der Waals surface area contributed by atoms with Crippen molar-refractivity contribution in [3.8, 4) is 0 Å². The predicted molar refractivity (Wildman–Crippen MR) is 59.1 cm³/mol. The highest BCUT2D eigenvalue weighted by molar-refractivity contribution is 8.13. The van der Waals surface area contributed by atoms with Gasteiger partial charge in [0.15, 0.2) is 0 Å². The molecule has 0 bridgehead atoms. The van der Waals surface area contributed by atoms with E-state index in [0.717, 1.165) is 6.07 Å². The molecule has 0 spiro atoms. The molecule has 10 heteroatoms. The number of nitrogens with zero attached hydrogens (tertiary/aromatic N) is 1. The number of hydrogen-bond donors (Lipinski definition) is 1. The maximum atomic E-state index is 12.7. The molecule has 0 aliphatic rings. The second-order valence-corrected chi connectivity index (χ2v) is 6.22. The number of imidazole rings is 1. The van der Waals surface area contributed by atoms with Gasteiger partial charge in [0.2, 0.25) is 5.28 Å². The van der Waals surface area contributed by atoms with Gasteiger partial charge in [-0.3, -0.25) is 0 Å². The lowest BCUT2D eigenvalue weighted by Gasteiger charge is -2.10. The van der Waals surface area contributed by atoms with Gasteiger partial charge in [0, 0.05) is 10.7 Å². The van der Waals surface area contributed by atoms with Crippen LogP contribution in [0.15, 0.2) is 17.0 Å². The van der Waals surface area contributed by atoms with Gasteiger partial charge in [0.25, 0.3) is 9.05 Å². The summed E-state index contributed by atoms with van der Waals surface area (Å²) in [4.78, 5) is 4.95. The minimum Gasteiger partial charge on any atom is -0.329 e. The van der Waals surface area contributed by atoms with E-state index < -0.39 is 25.7 Å². The van der Waals surface area contributed by atoms with E-state index >= 15 is 0 Å². The molecule has 0 atom stereocenters. The molecule has 0 aliphatic heterocycles. The molecule has 4 nitrogen and oxygen atoms in total. The van der Waals surface area contributed by atoms with Crippen LogP contribution in [0.5, 0.6) is 0 Å². The molecule has 0 saturated carbocycles. The molecule has 18 heavy (non-hydrogen) atoms. The smallest absolute Gasteiger partial charge is 0.329 e. The van der Waals surface area contributed by atoms with Gasteiger partial charge in [0.1, 0.15) is 0 Å². The Bertz CT molecular complexity index is 724. The van der Waals surface area contributed by atoms with Gasteiger partial charge < -0.3 is 4.98 Å². The summed E-state index contributed by atoms with van der Waals surface area (Å²) in [5.74, 6) is 0. The van der Waals surface area contributed by atoms with E-state index in [1.807, 2.05) is 0 Å². The number of hydrogen-bond acceptors (Lipinski definition) is 3. The fourth-order valence-electron chi connectivity index (χ4n) is 1.43. The number of halogens is 5. The molecular formula is C8H3Cl2F3N2O2S. The van der Waals surface area contributed by atoms with Crippen molar-refractivity contribution in [2.45, 2.75) is 11.1 Å². The van der Waals surface area contributed by atoms with Gasteiger partial charge in [-0.15, -0.1) is 0 Å². The molecule has 0 unspecified atom stereocenters. The highest BCUT2D eigenvalue weighted by atomic mass is 35.7. The number of benzene rings is 1. The zero-order valence-electron chi connectivity index (χ0n) is 8.22. The normalized spacial score (nSPS) is 13.2. The average Bonchev–Trinajstić information content (AvgIpc) is 2.52. The Morgan fingerprint density at radius 1 is 1.28 bits per heavy atom. The highest BCUT2D eigenvalue weighted by Crippen LogP contribution is 2.37. The number of fused-ring (bicyclic) bond motifs is 1. The lowest BCUT2D eigenvalue weighted by molar-refractivity contribution is -0.139. The summed E-state index contributed by atoms with van der Waals surface area (Å²) < 4.78 is 60.5. The first-order valence-corrected chi connectivity index (χ1v) is 6.99. The molecule has 1 heterocycles. The zero-order chi connectivity index (χ0) is 13.7. The number of nitrogens with one attached hydrogen (secondary N) is 1. The first-order chi connectivity index (χ1) is 8.09. The van der Waals surface area contributed by atoms with E-state index in [1.54, 1.807) is 0 Å². The van der Waals surface area contributed by atoms with Gasteiger partial charge in [-0.25, -0.2) is 13.4 Å². The Labute approximate surface area is 108 Å². The molecule has 0 amide bonds. The fourth-order valence-corrected chi connectivity index (χ4v) is 2.70. The van der Waals surface area contributed by atoms with Gasteiger partial charge in [-0.05, 0) is 23.7 Å². The zero-order valence-corrected chi connectivity index (χ0v) is 10.5. The van der Waals surface area contributed by atoms with Crippen LogP contribution in [0.25, 0.3) is 11.0 Å². The minimum absolute atomic E-state index is 0.0211. The van der Waals surface area contributed by atoms with Crippen LogP contribution in [-0.2, 0) is 15.2 Å². The van der Waals surface area contributed by atoms with Gasteiger partial charge in [-0.1, -0.05) is 0 Å². The molecule has 2 rings (SSSR count). The third-order valence-corrected chi connectivity index (χ3v) is 3.66. The van der Waals surface area contributed by atoms with Crippen LogP contribution in [0, 0.1) is 0 Å². The Balaban J connectivity index is 2.88. The van der Waals surface area contributed by atoms with E-state index in [0.29, 0.717) is 6.07 Å². The highest BCUT2D eigenvalue weighted by Gasteiger charge is 2.37. The molecular weight excluding hydrogens is 316 g/mol. The van der Waals surface area contributed by atoms with Gasteiger partial charge in [0.05, 0.1) is 21.5 Å². The topological polar surface area (TPSA) is 62.8 Å². The number of rotatable bonds is 1. The molecule has 0 saturated heterocycles. The monoisotopic (exact) mass is 318 g/mol. The van der Waals surface area contributed by atoms with E-state index in [9.17, 15) is 21.6 Å². The number of alkyl halides is 3. The van der Waals surface area contributed by atoms with Crippen molar-refractivity contribution < 1.29 is 21.6 Å². The number of H-pyrrole nitrogens is 1. The van der Waals surface area contributed by atoms with Crippen LogP contribution in [0.2, 0.25) is 5.28 Å². The molecule has 0 fully saturated rings. The van der Waals surface area contributed by atoms with Crippen molar-refractivity contribution in [2.75, 3.05) is 0 Å². The lowest BCUT2D eigenvalue weighted by atomic mass is 10.2. The van der Waals surface area contributed by atoms with E-state index in [-0.39, 0.29) is 16.3 Å². The fraction of sp³-hybridized carbons (Fsp3) is 0.125. The maximum absolute atomic E-state index is 12.7. The van der Waals surface area contributed by atoms with Gasteiger partial charge in [-0.2, -0.15) is 13.2 Å². The quantitative estimate of drug-likeness (QED) is 0.821. The number of aromatic amines is 1. The van der Waals surface area contributed by atoms with Gasteiger partial charge >= 0.3 is 6.18 Å². The average molecular weight is 319 g/mol. The second kappa shape index (κ2) is 4.01. The summed E-state index contributed by atoms with van der Waals surface area (Å²) in [7, 11) is 0.435. The van der Waals surface area contributed by atoms with Crippen LogP contribution < -0.4 is 0 Å². The Morgan fingerprint density at radius 2 is 1.89 bits per heavy atom. The summed E-state index contributed by atoms with van der Waals surface area (Å²) in [6.45, 7) is 0. The Hall–Kier alpha value is -0.990. The summed E-state index contributed by atoms with van der Waals surface area (Å²) in [5.41, 5.74) is -1.42. The third-order valence-electron chi connectivity index (χ3n) is 2.12. The van der Waals surface area contributed by atoms with Crippen molar-refractivity contribution in [3.63, 3.8) is 0 Å². The third kappa shape index (κ3) is 2.40. The van der Waals surface area contributed by atoms with E-state index in [1.165, 1.54) is 0 Å². The first kappa shape index (κ1) is 13.4. The van der Waals surface area contributed by atoms with E-state index in [4.69, 9.17) is 22.3 Å². The Morgan fingerprint density at radius 3 is 2.39 bits per heavy atom. The van der Waals surface area contributed by atoms with Crippen LogP contribution >= 0.6 is 22.3 Å². The van der Waals surface area contributed by atoms with Crippen molar-refractivity contribution >= 4 is 42.4 Å². The van der Waals surface area contributed by atoms with Crippen molar-refractivity contribution in [1.82, 2.24) is 9.97 Å². The molecule has 0 radical (unpaired) electrons. The predicted octanol–water partition coefficient (Wildman–Crippen LogP) is 3.16. The van der Waals surface area contributed by atoms with Crippen molar-refractivity contribution in [3.05, 3.63) is 23.0 Å². The van der Waals surface area contributed by atoms with Crippen LogP contribution in [-0.4, -0.2) is 18.4 Å². The minimum atomic E-state index is -4.86. The SMILES string of the molecule is O=S(=O)(Cl)c1cc2nc(Cl)[nH]c2cc1C(F)(F)F. The summed E-state index contributed by atoms with van der Waals surface area (Å²) in [6.07, 6.45) is -4.86. The van der Waals surface area contributed by atoms with Crippen molar-refractivity contribution in [2.24, 2.45) is 0 Å². The molecule has 2 aromatic rings. The van der Waals surface area contributed by atoms with Crippen LogP contribution in [0.3, 0.4) is 0 Å². The van der Waals surface area contributed by atoms with Crippen LogP contribution in [0.1, 0.15) is 5.56 Å². The molecule has 98 valence electrons. The standard InChI is InChI=1S/C8H3Cl2F3N2O2S/c9-7-14-4-1-3(8(11,12)13)6(18(10,16)17)2-5(4)15-7/h1-2H,(H,14,15). The van der Waals surface area contributed by atoms with Crippen LogP contribution in [0.4, 0.5) is 13.2 Å². The van der Waals surface area contributed by atoms with E-state index in [2.05, 4.69) is 9.97 Å². The summed E-state index contributed by atoms with van der Waals surface area (Å²) in [5, 5.41) is -0.151. The maximum Gasteiger partial charge on any atom is 0.417 e. The molecule has 1 N–H and O–H groups in total. The summed E-state index contributed by atoms with van der Waals surface area (Å²) >= 11 is 5.49. The first-order valence-electron chi connectivity index (χ1n) is 4.30. The molecule has 1 aromatic heterocycles. The number of aromatic nitrogens is 2. The largest absolute Gasteiger partial charge is 0.417 e. The summed E-state index contributed by atoms with van der Waals surface area (Å²) in [6, 6.07) is 1.33. The van der Waals surface area contributed by atoms with Crippen molar-refractivity contribution in [1.29, 1.82) is 0 Å². The molecule has 0 aliphatic carbocycles.